The Hall–Kier alpha value is -2.82. The molecule has 114 valence electrons. The molecule has 0 fully saturated rings. The highest BCUT2D eigenvalue weighted by atomic mass is 19.1. The Morgan fingerprint density at radius 3 is 2.41 bits per heavy atom. The lowest BCUT2D eigenvalue weighted by atomic mass is 10.1. The quantitative estimate of drug-likeness (QED) is 0.947. The maximum atomic E-state index is 13.5. The molecule has 0 unspecified atom stereocenters. The van der Waals surface area contributed by atoms with Gasteiger partial charge in [0.25, 0.3) is 5.91 Å². The van der Waals surface area contributed by atoms with Gasteiger partial charge in [-0.3, -0.25) is 9.48 Å². The van der Waals surface area contributed by atoms with Gasteiger partial charge in [-0.2, -0.15) is 10.4 Å². The molecular weight excluding hydrogens is 297 g/mol. The second kappa shape index (κ2) is 5.89. The molecule has 0 aliphatic carbocycles. The number of hydrogen-bond acceptors (Lipinski definition) is 3. The summed E-state index contributed by atoms with van der Waals surface area (Å²) in [5.74, 6) is -5.08. The van der Waals surface area contributed by atoms with E-state index in [4.69, 9.17) is 5.26 Å². The number of aromatic nitrogens is 2. The fraction of sp³-hybridized carbons (Fsp3) is 0.214. The second-order valence-corrected chi connectivity index (χ2v) is 4.78. The van der Waals surface area contributed by atoms with Crippen molar-refractivity contribution in [3.05, 3.63) is 46.9 Å². The van der Waals surface area contributed by atoms with Crippen LogP contribution in [0.4, 0.5) is 19.0 Å². The lowest BCUT2D eigenvalue weighted by molar-refractivity contribution is 0.101. The van der Waals surface area contributed by atoms with Gasteiger partial charge >= 0.3 is 0 Å². The molecule has 0 radical (unpaired) electrons. The van der Waals surface area contributed by atoms with E-state index in [0.717, 1.165) is 0 Å². The zero-order chi connectivity index (χ0) is 16.4. The number of rotatable bonds is 3. The maximum absolute atomic E-state index is 13.5. The first-order chi connectivity index (χ1) is 10.3. The van der Waals surface area contributed by atoms with E-state index in [1.54, 1.807) is 13.8 Å². The molecule has 0 aliphatic heterocycles. The molecule has 8 heteroatoms. The normalized spacial score (nSPS) is 10.6. The SMILES string of the molecule is CC(C)n1cc(C#N)c(NC(=O)c2c(F)cc(F)cc2F)n1. The molecule has 1 aromatic carbocycles. The average molecular weight is 308 g/mol. The van der Waals surface area contributed by atoms with Crippen LogP contribution in [-0.2, 0) is 0 Å². The minimum atomic E-state index is -1.34. The van der Waals surface area contributed by atoms with Gasteiger partial charge in [0.05, 0.1) is 0 Å². The zero-order valence-corrected chi connectivity index (χ0v) is 11.7. The fourth-order valence-electron chi connectivity index (χ4n) is 1.76. The molecule has 1 amide bonds. The molecule has 1 N–H and O–H groups in total. The van der Waals surface area contributed by atoms with Gasteiger partial charge in [-0.1, -0.05) is 0 Å². The number of nitrogens with one attached hydrogen (secondary N) is 1. The Bertz CT molecular complexity index is 754. The van der Waals surface area contributed by atoms with Gasteiger partial charge in [-0.05, 0) is 13.8 Å². The second-order valence-electron chi connectivity index (χ2n) is 4.78. The number of carbonyl (C=O) groups is 1. The predicted molar refractivity (Wildman–Crippen MR) is 71.6 cm³/mol. The van der Waals surface area contributed by atoms with Crippen molar-refractivity contribution in [1.29, 1.82) is 5.26 Å². The van der Waals surface area contributed by atoms with Crippen LogP contribution >= 0.6 is 0 Å². The maximum Gasteiger partial charge on any atom is 0.262 e. The van der Waals surface area contributed by atoms with Crippen LogP contribution in [0.1, 0.15) is 35.8 Å². The first-order valence-electron chi connectivity index (χ1n) is 6.28. The summed E-state index contributed by atoms with van der Waals surface area (Å²) in [7, 11) is 0. The van der Waals surface area contributed by atoms with Crippen molar-refractivity contribution < 1.29 is 18.0 Å². The van der Waals surface area contributed by atoms with E-state index in [2.05, 4.69) is 10.4 Å². The summed E-state index contributed by atoms with van der Waals surface area (Å²) >= 11 is 0. The molecule has 0 bridgehead atoms. The summed E-state index contributed by atoms with van der Waals surface area (Å²) in [6.45, 7) is 3.61. The molecule has 2 aromatic rings. The van der Waals surface area contributed by atoms with Gasteiger partial charge in [0, 0.05) is 24.4 Å². The van der Waals surface area contributed by atoms with E-state index >= 15 is 0 Å². The van der Waals surface area contributed by atoms with E-state index in [1.165, 1.54) is 10.9 Å². The monoisotopic (exact) mass is 308 g/mol. The van der Waals surface area contributed by atoms with Crippen LogP contribution in [0.5, 0.6) is 0 Å². The fourth-order valence-corrected chi connectivity index (χ4v) is 1.76. The Kier molecular flexibility index (Phi) is 4.17. The Morgan fingerprint density at radius 2 is 1.91 bits per heavy atom. The van der Waals surface area contributed by atoms with Crippen LogP contribution in [-0.4, -0.2) is 15.7 Å². The van der Waals surface area contributed by atoms with Gasteiger partial charge < -0.3 is 5.32 Å². The molecule has 0 saturated heterocycles. The van der Waals surface area contributed by atoms with Gasteiger partial charge in [-0.15, -0.1) is 0 Å². The van der Waals surface area contributed by atoms with E-state index in [0.29, 0.717) is 12.1 Å². The van der Waals surface area contributed by atoms with E-state index < -0.39 is 28.9 Å². The highest BCUT2D eigenvalue weighted by molar-refractivity contribution is 6.04. The minimum Gasteiger partial charge on any atom is -0.304 e. The zero-order valence-electron chi connectivity index (χ0n) is 11.7. The molecule has 0 aliphatic rings. The van der Waals surface area contributed by atoms with Crippen LogP contribution in [0.3, 0.4) is 0 Å². The number of benzene rings is 1. The van der Waals surface area contributed by atoms with Gasteiger partial charge in [0.15, 0.2) is 5.82 Å². The summed E-state index contributed by atoms with van der Waals surface area (Å²) in [6, 6.07) is 2.55. The van der Waals surface area contributed by atoms with Crippen molar-refractivity contribution in [2.24, 2.45) is 0 Å². The number of amides is 1. The highest BCUT2D eigenvalue weighted by Crippen LogP contribution is 2.19. The summed E-state index contributed by atoms with van der Waals surface area (Å²) < 4.78 is 41.4. The summed E-state index contributed by atoms with van der Waals surface area (Å²) in [4.78, 5) is 11.9. The molecule has 0 saturated carbocycles. The smallest absolute Gasteiger partial charge is 0.262 e. The summed E-state index contributed by atoms with van der Waals surface area (Å²) in [5, 5.41) is 15.1. The lowest BCUT2D eigenvalue weighted by Gasteiger charge is -2.06. The molecule has 0 spiro atoms. The van der Waals surface area contributed by atoms with E-state index in [9.17, 15) is 18.0 Å². The van der Waals surface area contributed by atoms with Gasteiger partial charge in [0.2, 0.25) is 0 Å². The first-order valence-corrected chi connectivity index (χ1v) is 6.28. The average Bonchev–Trinajstić information content (AvgIpc) is 2.80. The molecule has 2 rings (SSSR count). The molecule has 22 heavy (non-hydrogen) atoms. The third-order valence-corrected chi connectivity index (χ3v) is 2.85. The third kappa shape index (κ3) is 2.93. The Labute approximate surface area is 124 Å². The van der Waals surface area contributed by atoms with E-state index in [-0.39, 0.29) is 17.4 Å². The van der Waals surface area contributed by atoms with Crippen LogP contribution in [0.15, 0.2) is 18.3 Å². The van der Waals surface area contributed by atoms with Crippen molar-refractivity contribution in [3.63, 3.8) is 0 Å². The number of anilines is 1. The number of nitriles is 1. The topological polar surface area (TPSA) is 70.7 Å². The van der Waals surface area contributed by atoms with Crippen molar-refractivity contribution in [1.82, 2.24) is 9.78 Å². The number of nitrogens with zero attached hydrogens (tertiary/aromatic N) is 3. The first kappa shape index (κ1) is 15.6. The van der Waals surface area contributed by atoms with E-state index in [1.807, 2.05) is 6.07 Å². The molecule has 0 atom stereocenters. The molecule has 5 nitrogen and oxygen atoms in total. The third-order valence-electron chi connectivity index (χ3n) is 2.85. The van der Waals surface area contributed by atoms with Gasteiger partial charge in [-0.25, -0.2) is 13.2 Å². The van der Waals surface area contributed by atoms with Gasteiger partial charge in [0.1, 0.15) is 34.6 Å². The van der Waals surface area contributed by atoms with Crippen molar-refractivity contribution in [2.75, 3.05) is 5.32 Å². The Balaban J connectivity index is 2.36. The van der Waals surface area contributed by atoms with Crippen LogP contribution in [0.2, 0.25) is 0 Å². The van der Waals surface area contributed by atoms with Crippen molar-refractivity contribution in [2.45, 2.75) is 19.9 Å². The lowest BCUT2D eigenvalue weighted by Crippen LogP contribution is -2.17. The number of halogens is 3. The Morgan fingerprint density at radius 1 is 1.32 bits per heavy atom. The molecule has 1 aromatic heterocycles. The highest BCUT2D eigenvalue weighted by Gasteiger charge is 2.21. The van der Waals surface area contributed by atoms with Crippen LogP contribution < -0.4 is 5.32 Å². The van der Waals surface area contributed by atoms with Crippen LogP contribution in [0, 0.1) is 28.8 Å². The summed E-state index contributed by atoms with van der Waals surface area (Å²) in [5.41, 5.74) is -0.894. The largest absolute Gasteiger partial charge is 0.304 e. The standard InChI is InChI=1S/C14H11F3N4O/c1-7(2)21-6-8(5-18)13(20-21)19-14(22)12-10(16)3-9(15)4-11(12)17/h3-4,6-7H,1-2H3,(H,19,20,22). The molecular formula is C14H11F3N4O. The minimum absolute atomic E-state index is 0.0463. The van der Waals surface area contributed by atoms with Crippen molar-refractivity contribution in [3.8, 4) is 6.07 Å². The summed E-state index contributed by atoms with van der Waals surface area (Å²) in [6.07, 6.45) is 1.40. The van der Waals surface area contributed by atoms with Crippen LogP contribution in [0.25, 0.3) is 0 Å². The number of hydrogen-bond donors (Lipinski definition) is 1. The van der Waals surface area contributed by atoms with Crippen molar-refractivity contribution >= 4 is 11.7 Å². The molecule has 1 heterocycles. The number of carbonyl (C=O) groups excluding carboxylic acids is 1. The predicted octanol–water partition coefficient (Wildman–Crippen LogP) is 3.01.